The first kappa shape index (κ1) is 27.0. The van der Waals surface area contributed by atoms with Crippen LogP contribution in [0, 0.1) is 0 Å². The first-order chi connectivity index (χ1) is 17.1. The molecule has 194 valence electrons. The smallest absolute Gasteiger partial charge is 0.411 e. The summed E-state index contributed by atoms with van der Waals surface area (Å²) >= 11 is 0. The third-order valence-corrected chi connectivity index (χ3v) is 5.93. The molecule has 3 N–H and O–H groups in total. The summed E-state index contributed by atoms with van der Waals surface area (Å²) in [6.45, 7) is 5.48. The van der Waals surface area contributed by atoms with E-state index in [-0.39, 0.29) is 18.6 Å². The third-order valence-electron chi connectivity index (χ3n) is 5.93. The number of alkyl carbamates (subject to hydrolysis) is 1. The molecule has 2 amide bonds. The fourth-order valence-electron chi connectivity index (χ4n) is 4.25. The number of amides is 2. The number of anilines is 1. The molecule has 0 aliphatic heterocycles. The van der Waals surface area contributed by atoms with Crippen LogP contribution in [0.25, 0.3) is 11.1 Å². The highest BCUT2D eigenvalue weighted by atomic mass is 16.6. The highest BCUT2D eigenvalue weighted by molar-refractivity contribution is 5.91. The number of carboxylic acids is 1. The van der Waals surface area contributed by atoms with Gasteiger partial charge in [-0.3, -0.25) is 10.1 Å². The van der Waals surface area contributed by atoms with Crippen LogP contribution in [-0.2, 0) is 20.7 Å². The number of hydrogen-bond donors (Lipinski definition) is 3. The molecule has 8 nitrogen and oxygen atoms in total. The number of aliphatic carboxylic acids is 1. The minimum Gasteiger partial charge on any atom is -0.481 e. The molecular formula is C28H36N2O6. The van der Waals surface area contributed by atoms with Crippen molar-refractivity contribution in [1.29, 1.82) is 0 Å². The molecule has 0 aromatic heterocycles. The van der Waals surface area contributed by atoms with Gasteiger partial charge in [-0.15, -0.1) is 0 Å². The molecule has 0 heterocycles. The van der Waals surface area contributed by atoms with E-state index < -0.39 is 23.8 Å². The number of ether oxygens (including phenoxy) is 2. The lowest BCUT2D eigenvalue weighted by molar-refractivity contribution is -0.137. The van der Waals surface area contributed by atoms with Crippen molar-refractivity contribution in [3.05, 3.63) is 54.1 Å². The van der Waals surface area contributed by atoms with E-state index in [1.807, 2.05) is 69.3 Å². The summed E-state index contributed by atoms with van der Waals surface area (Å²) in [5, 5.41) is 14.7. The molecule has 0 radical (unpaired) electrons. The lowest BCUT2D eigenvalue weighted by atomic mass is 9.93. The lowest BCUT2D eigenvalue weighted by Gasteiger charge is -2.30. The third kappa shape index (κ3) is 8.91. The van der Waals surface area contributed by atoms with Crippen LogP contribution in [0.15, 0.2) is 48.5 Å². The van der Waals surface area contributed by atoms with E-state index in [9.17, 15) is 14.4 Å². The van der Waals surface area contributed by atoms with Gasteiger partial charge in [0.05, 0.1) is 5.69 Å². The van der Waals surface area contributed by atoms with Gasteiger partial charge in [-0.1, -0.05) is 36.4 Å². The molecule has 2 aromatic carbocycles. The maximum Gasteiger partial charge on any atom is 0.411 e. The Bertz CT molecular complexity index is 1040. The Morgan fingerprint density at radius 3 is 2.31 bits per heavy atom. The zero-order valence-corrected chi connectivity index (χ0v) is 21.2. The van der Waals surface area contributed by atoms with Gasteiger partial charge in [-0.2, -0.15) is 0 Å². The van der Waals surface area contributed by atoms with Crippen molar-refractivity contribution < 1.29 is 29.0 Å². The summed E-state index contributed by atoms with van der Waals surface area (Å²) in [6, 6.07) is 15.4. The molecule has 0 bridgehead atoms. The van der Waals surface area contributed by atoms with Crippen molar-refractivity contribution in [2.24, 2.45) is 0 Å². The number of carbonyl (C=O) groups excluding carboxylic acids is 2. The molecule has 0 unspecified atom stereocenters. The Kier molecular flexibility index (Phi) is 9.33. The number of carbonyl (C=O) groups is 3. The van der Waals surface area contributed by atoms with Crippen molar-refractivity contribution in [2.75, 3.05) is 5.32 Å². The number of carboxylic acid groups (broad SMARTS) is 1. The van der Waals surface area contributed by atoms with Crippen LogP contribution in [-0.4, -0.2) is 41.0 Å². The molecule has 1 aliphatic carbocycles. The van der Waals surface area contributed by atoms with E-state index in [1.165, 1.54) is 0 Å². The van der Waals surface area contributed by atoms with E-state index in [0.29, 0.717) is 44.2 Å². The molecule has 0 saturated heterocycles. The second-order valence-corrected chi connectivity index (χ2v) is 10.1. The summed E-state index contributed by atoms with van der Waals surface area (Å²) in [5.74, 6) is -0.811. The minimum atomic E-state index is -0.811. The van der Waals surface area contributed by atoms with Crippen molar-refractivity contribution in [1.82, 2.24) is 5.32 Å². The van der Waals surface area contributed by atoms with Gasteiger partial charge in [0, 0.05) is 18.0 Å². The number of rotatable bonds is 8. The summed E-state index contributed by atoms with van der Waals surface area (Å²) in [5.41, 5.74) is 2.89. The van der Waals surface area contributed by atoms with E-state index >= 15 is 0 Å². The second kappa shape index (κ2) is 12.4. The first-order valence-electron chi connectivity index (χ1n) is 12.5. The molecule has 0 atom stereocenters. The van der Waals surface area contributed by atoms with Gasteiger partial charge in [0.2, 0.25) is 0 Å². The maximum absolute atomic E-state index is 12.7. The maximum atomic E-state index is 12.7. The second-order valence-electron chi connectivity index (χ2n) is 10.1. The highest BCUT2D eigenvalue weighted by Gasteiger charge is 2.27. The van der Waals surface area contributed by atoms with E-state index in [4.69, 9.17) is 14.6 Å². The van der Waals surface area contributed by atoms with Crippen molar-refractivity contribution >= 4 is 23.8 Å². The molecule has 36 heavy (non-hydrogen) atoms. The Balaban J connectivity index is 1.57. The van der Waals surface area contributed by atoms with Crippen molar-refractivity contribution in [2.45, 2.75) is 83.5 Å². The Morgan fingerprint density at radius 1 is 0.972 bits per heavy atom. The topological polar surface area (TPSA) is 114 Å². The lowest BCUT2D eigenvalue weighted by Crippen LogP contribution is -2.42. The average molecular weight is 497 g/mol. The van der Waals surface area contributed by atoms with Crippen LogP contribution < -0.4 is 10.6 Å². The molecule has 1 aliphatic rings. The fourth-order valence-corrected chi connectivity index (χ4v) is 4.25. The normalized spacial score (nSPS) is 17.6. The predicted molar refractivity (Wildman–Crippen MR) is 138 cm³/mol. The summed E-state index contributed by atoms with van der Waals surface area (Å²) < 4.78 is 11.0. The van der Waals surface area contributed by atoms with Gasteiger partial charge in [-0.25, -0.2) is 9.59 Å². The molecule has 8 heteroatoms. The molecule has 1 fully saturated rings. The average Bonchev–Trinajstić information content (AvgIpc) is 2.80. The standard InChI is InChI=1S/C28H36N2O6/c1-28(2,3)36-27(34)29-21-13-15-22(16-14-21)35-26(33)30-24-17-12-19(8-7-11-25(31)32)18-23(24)20-9-5-4-6-10-20/h4-6,9-10,12,17-18,21-22H,7-8,11,13-16H2,1-3H3,(H,29,34)(H,30,33)(H,31,32)/t21-,22-. The zero-order chi connectivity index (χ0) is 26.1. The van der Waals surface area contributed by atoms with Crippen LogP contribution in [0.2, 0.25) is 0 Å². The zero-order valence-electron chi connectivity index (χ0n) is 21.2. The van der Waals surface area contributed by atoms with Crippen LogP contribution in [0.4, 0.5) is 15.3 Å². The van der Waals surface area contributed by atoms with Gasteiger partial charge in [0.25, 0.3) is 0 Å². The number of nitrogens with one attached hydrogen (secondary N) is 2. The molecular weight excluding hydrogens is 460 g/mol. The number of hydrogen-bond acceptors (Lipinski definition) is 5. The van der Waals surface area contributed by atoms with E-state index in [2.05, 4.69) is 10.6 Å². The molecule has 3 rings (SSSR count). The van der Waals surface area contributed by atoms with E-state index in [0.717, 1.165) is 16.7 Å². The largest absolute Gasteiger partial charge is 0.481 e. The monoisotopic (exact) mass is 496 g/mol. The van der Waals surface area contributed by atoms with Gasteiger partial charge in [0.15, 0.2) is 0 Å². The van der Waals surface area contributed by atoms with Gasteiger partial charge < -0.3 is 19.9 Å². The number of benzene rings is 2. The van der Waals surface area contributed by atoms with Crippen LogP contribution in [0.1, 0.15) is 64.9 Å². The molecule has 2 aromatic rings. The quantitative estimate of drug-likeness (QED) is 0.404. The Morgan fingerprint density at radius 2 is 1.67 bits per heavy atom. The first-order valence-corrected chi connectivity index (χ1v) is 12.5. The molecule has 1 saturated carbocycles. The Labute approximate surface area is 212 Å². The van der Waals surface area contributed by atoms with Crippen LogP contribution in [0.5, 0.6) is 0 Å². The fraction of sp³-hybridized carbons (Fsp3) is 0.464. The summed E-state index contributed by atoms with van der Waals surface area (Å²) in [7, 11) is 0. The van der Waals surface area contributed by atoms with Crippen molar-refractivity contribution in [3.8, 4) is 11.1 Å². The molecule has 0 spiro atoms. The van der Waals surface area contributed by atoms with Gasteiger partial charge >= 0.3 is 18.2 Å². The van der Waals surface area contributed by atoms with Gasteiger partial charge in [-0.05, 0) is 82.6 Å². The highest BCUT2D eigenvalue weighted by Crippen LogP contribution is 2.30. The predicted octanol–water partition coefficient (Wildman–Crippen LogP) is 6.15. The van der Waals surface area contributed by atoms with Crippen molar-refractivity contribution in [3.63, 3.8) is 0 Å². The summed E-state index contributed by atoms with van der Waals surface area (Å²) in [6.07, 6.45) is 2.85. The van der Waals surface area contributed by atoms with E-state index in [1.54, 1.807) is 0 Å². The Hall–Kier alpha value is -3.55. The summed E-state index contributed by atoms with van der Waals surface area (Å²) in [4.78, 5) is 35.6. The van der Waals surface area contributed by atoms with Crippen LogP contribution in [0.3, 0.4) is 0 Å². The van der Waals surface area contributed by atoms with Crippen LogP contribution >= 0.6 is 0 Å². The number of aryl methyl sites for hydroxylation is 1. The SMILES string of the molecule is CC(C)(C)OC(=O)N[C@H]1CC[C@H](OC(=O)Nc2ccc(CCCC(=O)O)cc2-c2ccccc2)CC1. The van der Waals surface area contributed by atoms with Gasteiger partial charge in [0.1, 0.15) is 11.7 Å². The minimum absolute atomic E-state index is 0.00103.